The van der Waals surface area contributed by atoms with Crippen molar-refractivity contribution in [1.29, 1.82) is 0 Å². The SMILES string of the molecule is NC(=O)C(=O)[O-].NC(=O)C(=O)[O-].[Ca+2]. The zero-order valence-electron chi connectivity index (χ0n) is 6.31. The molecule has 8 nitrogen and oxygen atoms in total. The quantitative estimate of drug-likeness (QED) is 0.302. The number of amides is 2. The first-order valence-electron chi connectivity index (χ1n) is 2.30. The number of carbonyl (C=O) groups excluding carboxylic acids is 4. The second-order valence-electron chi connectivity index (χ2n) is 1.30. The van der Waals surface area contributed by atoms with E-state index >= 15 is 0 Å². The van der Waals surface area contributed by atoms with Gasteiger partial charge in [-0.2, -0.15) is 0 Å². The molecule has 0 aromatic rings. The van der Waals surface area contributed by atoms with E-state index in [1.807, 2.05) is 0 Å². The van der Waals surface area contributed by atoms with Crippen molar-refractivity contribution in [2.45, 2.75) is 0 Å². The largest absolute Gasteiger partial charge is 2.00 e. The molecule has 0 heterocycles. The van der Waals surface area contributed by atoms with E-state index < -0.39 is 23.8 Å². The predicted molar refractivity (Wildman–Crippen MR) is 34.2 cm³/mol. The number of hydrogen-bond donors (Lipinski definition) is 2. The van der Waals surface area contributed by atoms with Gasteiger partial charge in [-0.3, -0.25) is 9.59 Å². The number of carboxylic acid groups (broad SMARTS) is 2. The number of carboxylic acids is 2. The molecule has 13 heavy (non-hydrogen) atoms. The normalized spacial score (nSPS) is 6.77. The molecule has 0 aromatic heterocycles. The number of carbonyl (C=O) groups is 4. The number of nitrogens with two attached hydrogens (primary N) is 2. The summed E-state index contributed by atoms with van der Waals surface area (Å²) in [5.41, 5.74) is 8.27. The molecule has 0 radical (unpaired) electrons. The second kappa shape index (κ2) is 9.23. The molecule has 9 heteroatoms. The zero-order chi connectivity index (χ0) is 10.3. The fourth-order valence-electron chi connectivity index (χ4n) is 0. The Hall–Kier alpha value is -0.860. The molecule has 0 unspecified atom stereocenters. The Bertz CT molecular complexity index is 179. The Morgan fingerprint density at radius 2 is 0.846 bits per heavy atom. The van der Waals surface area contributed by atoms with Crippen molar-refractivity contribution in [3.63, 3.8) is 0 Å². The summed E-state index contributed by atoms with van der Waals surface area (Å²) < 4.78 is 0. The Balaban J connectivity index is -0.000000143. The summed E-state index contributed by atoms with van der Waals surface area (Å²) in [4.78, 5) is 36.7. The van der Waals surface area contributed by atoms with Crippen LogP contribution in [0.2, 0.25) is 0 Å². The van der Waals surface area contributed by atoms with Gasteiger partial charge >= 0.3 is 37.7 Å². The molecular formula is C4H4CaN2O6. The van der Waals surface area contributed by atoms with E-state index in [2.05, 4.69) is 11.5 Å². The Labute approximate surface area is 102 Å². The van der Waals surface area contributed by atoms with Gasteiger partial charge in [0, 0.05) is 0 Å². The van der Waals surface area contributed by atoms with E-state index in [-0.39, 0.29) is 37.7 Å². The summed E-state index contributed by atoms with van der Waals surface area (Å²) in [5, 5.41) is 18.2. The van der Waals surface area contributed by atoms with Crippen LogP contribution in [0.15, 0.2) is 0 Å². The fourth-order valence-corrected chi connectivity index (χ4v) is 0. The van der Waals surface area contributed by atoms with E-state index in [1.165, 1.54) is 0 Å². The summed E-state index contributed by atoms with van der Waals surface area (Å²) in [6.07, 6.45) is 0. The first-order valence-corrected chi connectivity index (χ1v) is 2.30. The van der Waals surface area contributed by atoms with Gasteiger partial charge in [-0.1, -0.05) is 0 Å². The average molecular weight is 216 g/mol. The molecule has 0 aliphatic rings. The Kier molecular flexibility index (Phi) is 12.8. The van der Waals surface area contributed by atoms with E-state index in [9.17, 15) is 9.59 Å². The van der Waals surface area contributed by atoms with Crippen LogP contribution in [-0.4, -0.2) is 61.5 Å². The standard InChI is InChI=1S/2C2H3NO3.Ca/c2*3-1(4)2(5)6;/h2*(H2,3,4)(H,5,6);/q;;+2/p-2. The van der Waals surface area contributed by atoms with E-state index in [4.69, 9.17) is 19.8 Å². The number of aliphatic carboxylic acids is 2. The maximum atomic E-state index is 9.26. The summed E-state index contributed by atoms with van der Waals surface area (Å²) in [5.74, 6) is -6.57. The van der Waals surface area contributed by atoms with Gasteiger partial charge in [0.25, 0.3) is 11.8 Å². The number of hydrogen-bond acceptors (Lipinski definition) is 6. The van der Waals surface area contributed by atoms with Gasteiger partial charge in [0.15, 0.2) is 0 Å². The van der Waals surface area contributed by atoms with Crippen LogP contribution in [0, 0.1) is 0 Å². The maximum Gasteiger partial charge on any atom is 2.00 e. The van der Waals surface area contributed by atoms with E-state index in [1.54, 1.807) is 0 Å². The van der Waals surface area contributed by atoms with Gasteiger partial charge in [0.05, 0.1) is 0 Å². The van der Waals surface area contributed by atoms with Gasteiger partial charge in [-0.15, -0.1) is 0 Å². The summed E-state index contributed by atoms with van der Waals surface area (Å²) in [7, 11) is 0. The van der Waals surface area contributed by atoms with Crippen LogP contribution in [-0.2, 0) is 19.2 Å². The molecule has 0 saturated heterocycles. The van der Waals surface area contributed by atoms with Gasteiger partial charge in [-0.05, 0) is 0 Å². The number of rotatable bonds is 0. The summed E-state index contributed by atoms with van der Waals surface area (Å²) >= 11 is 0. The minimum absolute atomic E-state index is 0. The molecule has 0 bridgehead atoms. The first kappa shape index (κ1) is 18.0. The van der Waals surface area contributed by atoms with Crippen molar-refractivity contribution < 1.29 is 29.4 Å². The van der Waals surface area contributed by atoms with Gasteiger partial charge < -0.3 is 31.3 Å². The third kappa shape index (κ3) is 18.3. The van der Waals surface area contributed by atoms with E-state index in [0.29, 0.717) is 0 Å². The zero-order valence-corrected chi connectivity index (χ0v) is 8.52. The first-order chi connectivity index (χ1) is 5.29. The van der Waals surface area contributed by atoms with Crippen molar-refractivity contribution in [3.8, 4) is 0 Å². The fraction of sp³-hybridized carbons (Fsp3) is 0. The Morgan fingerprint density at radius 3 is 0.846 bits per heavy atom. The van der Waals surface area contributed by atoms with Crippen LogP contribution in [0.5, 0.6) is 0 Å². The molecular weight excluding hydrogens is 212 g/mol. The maximum absolute atomic E-state index is 9.26. The molecule has 0 aliphatic heterocycles. The second-order valence-corrected chi connectivity index (χ2v) is 1.30. The van der Waals surface area contributed by atoms with Crippen molar-refractivity contribution in [2.24, 2.45) is 11.5 Å². The van der Waals surface area contributed by atoms with Crippen molar-refractivity contribution in [2.75, 3.05) is 0 Å². The van der Waals surface area contributed by atoms with Crippen LogP contribution in [0.3, 0.4) is 0 Å². The topological polar surface area (TPSA) is 166 Å². The summed E-state index contributed by atoms with van der Waals surface area (Å²) in [6.45, 7) is 0. The molecule has 0 aromatic carbocycles. The molecule has 0 aliphatic carbocycles. The van der Waals surface area contributed by atoms with Crippen molar-refractivity contribution in [1.82, 2.24) is 0 Å². The minimum atomic E-state index is -1.85. The molecule has 0 saturated carbocycles. The van der Waals surface area contributed by atoms with Gasteiger partial charge in [0.2, 0.25) is 0 Å². The van der Waals surface area contributed by atoms with E-state index in [0.717, 1.165) is 0 Å². The molecule has 0 atom stereocenters. The smallest absolute Gasteiger partial charge is 0.540 e. The minimum Gasteiger partial charge on any atom is -0.540 e. The molecule has 0 rings (SSSR count). The van der Waals surface area contributed by atoms with Crippen molar-refractivity contribution in [3.05, 3.63) is 0 Å². The van der Waals surface area contributed by atoms with Gasteiger partial charge in [0.1, 0.15) is 11.9 Å². The van der Waals surface area contributed by atoms with Gasteiger partial charge in [-0.25, -0.2) is 0 Å². The third-order valence-corrected chi connectivity index (χ3v) is 0.402. The van der Waals surface area contributed by atoms with Crippen LogP contribution in [0.4, 0.5) is 0 Å². The molecule has 68 valence electrons. The summed E-state index contributed by atoms with van der Waals surface area (Å²) in [6, 6.07) is 0. The number of primary amides is 2. The van der Waals surface area contributed by atoms with Crippen LogP contribution < -0.4 is 21.7 Å². The van der Waals surface area contributed by atoms with Crippen LogP contribution in [0.1, 0.15) is 0 Å². The molecule has 0 spiro atoms. The monoisotopic (exact) mass is 216 g/mol. The predicted octanol–water partition coefficient (Wildman–Crippen LogP) is -5.94. The molecule has 0 fully saturated rings. The molecule has 2 amide bonds. The Morgan fingerprint density at radius 1 is 0.769 bits per heavy atom. The third-order valence-electron chi connectivity index (χ3n) is 0.402. The van der Waals surface area contributed by atoms with Crippen molar-refractivity contribution >= 4 is 61.5 Å². The molecule has 4 N–H and O–H groups in total. The van der Waals surface area contributed by atoms with Crippen LogP contribution >= 0.6 is 0 Å². The average Bonchev–Trinajstić information content (AvgIpc) is 1.88. The van der Waals surface area contributed by atoms with Crippen LogP contribution in [0.25, 0.3) is 0 Å².